The lowest BCUT2D eigenvalue weighted by Gasteiger charge is -2.08. The summed E-state index contributed by atoms with van der Waals surface area (Å²) in [6, 6.07) is 29.8. The molecule has 0 spiro atoms. The minimum atomic E-state index is 0.660. The fourth-order valence-corrected chi connectivity index (χ4v) is 4.45. The quantitative estimate of drug-likeness (QED) is 0.314. The number of aromatic nitrogens is 2. The summed E-state index contributed by atoms with van der Waals surface area (Å²) in [5.41, 5.74) is 8.61. The largest absolute Gasteiger partial charge is 0.436 e. The summed E-state index contributed by atoms with van der Waals surface area (Å²) in [6.45, 7) is 4.15. The highest BCUT2D eigenvalue weighted by molar-refractivity contribution is 6.09. The minimum absolute atomic E-state index is 0.660. The van der Waals surface area contributed by atoms with E-state index < -0.39 is 0 Å². The molecule has 3 heteroatoms. The highest BCUT2D eigenvalue weighted by Gasteiger charge is 2.13. The maximum absolute atomic E-state index is 6.09. The van der Waals surface area contributed by atoms with Crippen LogP contribution in [0.3, 0.4) is 0 Å². The maximum atomic E-state index is 6.09. The fourth-order valence-electron chi connectivity index (χ4n) is 4.45. The van der Waals surface area contributed by atoms with Crippen LogP contribution in [-0.4, -0.2) is 9.55 Å². The third-order valence-corrected chi connectivity index (χ3v) is 5.77. The number of hydrogen-bond donors (Lipinski definition) is 0. The van der Waals surface area contributed by atoms with E-state index in [4.69, 9.17) is 9.40 Å². The average molecular weight is 388 g/mol. The van der Waals surface area contributed by atoms with Gasteiger partial charge in [0.15, 0.2) is 5.58 Å². The molecule has 0 saturated carbocycles. The van der Waals surface area contributed by atoms with Crippen molar-refractivity contribution < 1.29 is 4.42 Å². The molecule has 4 aromatic carbocycles. The van der Waals surface area contributed by atoms with Crippen LogP contribution in [0.1, 0.15) is 11.1 Å². The van der Waals surface area contributed by atoms with Crippen molar-refractivity contribution in [3.05, 3.63) is 96.1 Å². The third kappa shape index (κ3) is 2.49. The van der Waals surface area contributed by atoms with Gasteiger partial charge in [0, 0.05) is 22.0 Å². The molecule has 0 aliphatic rings. The van der Waals surface area contributed by atoms with E-state index in [9.17, 15) is 0 Å². The number of hydrogen-bond acceptors (Lipinski definition) is 2. The number of aryl methyl sites for hydroxylation is 2. The van der Waals surface area contributed by atoms with E-state index in [1.54, 1.807) is 0 Å². The molecule has 0 aliphatic heterocycles. The SMILES string of the molecule is Cc1cc(C)c2oc(-c3ccc(-n4c5ccccc5c5ccccc54)cc3)nc2c1. The van der Waals surface area contributed by atoms with Crippen LogP contribution < -0.4 is 0 Å². The Hall–Kier alpha value is -3.85. The molecular formula is C27H20N2O. The first-order valence-electron chi connectivity index (χ1n) is 10.2. The van der Waals surface area contributed by atoms with Crippen molar-refractivity contribution >= 4 is 32.9 Å². The zero-order valence-corrected chi connectivity index (χ0v) is 16.9. The topological polar surface area (TPSA) is 31.0 Å². The summed E-state index contributed by atoms with van der Waals surface area (Å²) in [7, 11) is 0. The van der Waals surface area contributed by atoms with E-state index in [1.165, 1.54) is 27.4 Å². The summed E-state index contributed by atoms with van der Waals surface area (Å²) >= 11 is 0. The Morgan fingerprint density at radius 3 is 2.03 bits per heavy atom. The highest BCUT2D eigenvalue weighted by Crippen LogP contribution is 2.33. The first-order chi connectivity index (χ1) is 14.7. The smallest absolute Gasteiger partial charge is 0.227 e. The summed E-state index contributed by atoms with van der Waals surface area (Å²) in [5, 5.41) is 2.53. The van der Waals surface area contributed by atoms with Crippen LogP contribution in [0.15, 0.2) is 89.3 Å². The van der Waals surface area contributed by atoms with Gasteiger partial charge < -0.3 is 8.98 Å². The van der Waals surface area contributed by atoms with Crippen molar-refractivity contribution in [1.29, 1.82) is 0 Å². The van der Waals surface area contributed by atoms with Crippen molar-refractivity contribution in [2.45, 2.75) is 13.8 Å². The van der Waals surface area contributed by atoms with Gasteiger partial charge in [0.2, 0.25) is 5.89 Å². The molecule has 0 amide bonds. The number of fused-ring (bicyclic) bond motifs is 4. The Labute approximate surface area is 174 Å². The summed E-state index contributed by atoms with van der Waals surface area (Å²) < 4.78 is 8.41. The molecule has 0 atom stereocenters. The Morgan fingerprint density at radius 2 is 1.37 bits per heavy atom. The number of oxazole rings is 1. The second-order valence-corrected chi connectivity index (χ2v) is 7.87. The average Bonchev–Trinajstić information content (AvgIpc) is 3.34. The lowest BCUT2D eigenvalue weighted by Crippen LogP contribution is -1.93. The fraction of sp³-hybridized carbons (Fsp3) is 0.0741. The molecule has 2 aromatic heterocycles. The van der Waals surface area contributed by atoms with Gasteiger partial charge in [0.05, 0.1) is 11.0 Å². The van der Waals surface area contributed by atoms with E-state index in [-0.39, 0.29) is 0 Å². The van der Waals surface area contributed by atoms with E-state index in [0.29, 0.717) is 5.89 Å². The van der Waals surface area contributed by atoms with Crippen molar-refractivity contribution in [3.63, 3.8) is 0 Å². The van der Waals surface area contributed by atoms with E-state index >= 15 is 0 Å². The number of para-hydroxylation sites is 2. The van der Waals surface area contributed by atoms with Crippen LogP contribution in [0.4, 0.5) is 0 Å². The lowest BCUT2D eigenvalue weighted by molar-refractivity contribution is 0.617. The van der Waals surface area contributed by atoms with Gasteiger partial charge in [-0.2, -0.15) is 0 Å². The van der Waals surface area contributed by atoms with Crippen LogP contribution in [0, 0.1) is 13.8 Å². The van der Waals surface area contributed by atoms with Gasteiger partial charge in [0.1, 0.15) is 5.52 Å². The molecule has 30 heavy (non-hydrogen) atoms. The molecule has 6 rings (SSSR count). The molecule has 144 valence electrons. The van der Waals surface area contributed by atoms with E-state index in [1.807, 2.05) is 0 Å². The van der Waals surface area contributed by atoms with Crippen molar-refractivity contribution in [3.8, 4) is 17.1 Å². The molecule has 0 radical (unpaired) electrons. The number of benzene rings is 4. The standard InChI is InChI=1S/C27H20N2O/c1-17-15-18(2)26-23(16-17)28-27(30-26)19-11-13-20(14-12-19)29-24-9-5-3-7-21(24)22-8-4-6-10-25(22)29/h3-16H,1-2H3. The van der Waals surface area contributed by atoms with Crippen LogP contribution in [0.2, 0.25) is 0 Å². The summed E-state index contributed by atoms with van der Waals surface area (Å²) in [5.74, 6) is 0.660. The van der Waals surface area contributed by atoms with Crippen molar-refractivity contribution in [2.24, 2.45) is 0 Å². The predicted molar refractivity (Wildman–Crippen MR) is 123 cm³/mol. The molecular weight excluding hydrogens is 368 g/mol. The normalized spacial score (nSPS) is 11.7. The highest BCUT2D eigenvalue weighted by atomic mass is 16.3. The molecule has 0 aliphatic carbocycles. The van der Waals surface area contributed by atoms with E-state index in [0.717, 1.165) is 27.9 Å². The van der Waals surface area contributed by atoms with Gasteiger partial charge in [-0.25, -0.2) is 4.98 Å². The molecule has 0 unspecified atom stereocenters. The van der Waals surface area contributed by atoms with Crippen molar-refractivity contribution in [2.75, 3.05) is 0 Å². The Kier molecular flexibility index (Phi) is 3.59. The van der Waals surface area contributed by atoms with Crippen LogP contribution in [0.5, 0.6) is 0 Å². The third-order valence-electron chi connectivity index (χ3n) is 5.77. The summed E-state index contributed by atoms with van der Waals surface area (Å²) in [6.07, 6.45) is 0. The Morgan fingerprint density at radius 1 is 0.733 bits per heavy atom. The van der Waals surface area contributed by atoms with Gasteiger partial charge in [-0.3, -0.25) is 0 Å². The van der Waals surface area contributed by atoms with Crippen LogP contribution >= 0.6 is 0 Å². The van der Waals surface area contributed by atoms with Gasteiger partial charge in [0.25, 0.3) is 0 Å². The monoisotopic (exact) mass is 388 g/mol. The van der Waals surface area contributed by atoms with Crippen LogP contribution in [0.25, 0.3) is 50.0 Å². The van der Waals surface area contributed by atoms with Gasteiger partial charge in [-0.15, -0.1) is 0 Å². The summed E-state index contributed by atoms with van der Waals surface area (Å²) in [4.78, 5) is 4.72. The number of nitrogens with zero attached hydrogens (tertiary/aromatic N) is 2. The molecule has 0 bridgehead atoms. The van der Waals surface area contributed by atoms with Gasteiger partial charge >= 0.3 is 0 Å². The second kappa shape index (κ2) is 6.33. The number of rotatable bonds is 2. The molecule has 0 fully saturated rings. The molecule has 6 aromatic rings. The predicted octanol–water partition coefficient (Wildman–Crippen LogP) is 7.21. The second-order valence-electron chi connectivity index (χ2n) is 7.87. The van der Waals surface area contributed by atoms with Crippen LogP contribution in [-0.2, 0) is 0 Å². The van der Waals surface area contributed by atoms with Crippen molar-refractivity contribution in [1.82, 2.24) is 9.55 Å². The van der Waals surface area contributed by atoms with Gasteiger partial charge in [-0.05, 0) is 67.4 Å². The zero-order valence-electron chi connectivity index (χ0n) is 16.9. The maximum Gasteiger partial charge on any atom is 0.227 e. The molecule has 0 N–H and O–H groups in total. The van der Waals surface area contributed by atoms with E-state index in [2.05, 4.69) is 103 Å². The first-order valence-corrected chi connectivity index (χ1v) is 10.2. The zero-order chi connectivity index (χ0) is 20.2. The molecule has 3 nitrogen and oxygen atoms in total. The molecule has 2 heterocycles. The Balaban J connectivity index is 1.50. The first kappa shape index (κ1) is 17.0. The lowest BCUT2D eigenvalue weighted by atomic mass is 10.1. The molecule has 0 saturated heterocycles. The minimum Gasteiger partial charge on any atom is -0.436 e. The Bertz CT molecular complexity index is 1500. The van der Waals surface area contributed by atoms with Gasteiger partial charge in [-0.1, -0.05) is 42.5 Å².